The lowest BCUT2D eigenvalue weighted by molar-refractivity contribution is -0.124. The Hall–Kier alpha value is -5.50. The number of nitrogens with one attached hydrogen (secondary N) is 3. The standard InChI is InChI=1S/C45H47Cl2N7O6/c1-44(2,3)60-43(58)53(24-30-12-14-37(55)50-30)23-28-11-13-35(51-41(28)59-4)34-10-6-9-33(39(34)47)32-8-5-7-31(38(32)46)26-16-18-54-36(19-26)49-22-29(42(54)57)21-48-25-45-17-15-27(20-45)40(56)52-45/h5-11,13,16,18-19,22,27,30,48H,12,14-15,17,20-21,23-25H2,1-4H3,(H,50,55)(H,52,56)/t27?,30-,45?/m0/s1. The van der Waals surface area contributed by atoms with E-state index in [9.17, 15) is 19.2 Å². The van der Waals surface area contributed by atoms with E-state index in [1.165, 1.54) is 11.5 Å². The molecule has 60 heavy (non-hydrogen) atoms. The minimum absolute atomic E-state index is 0.0394. The van der Waals surface area contributed by atoms with Crippen molar-refractivity contribution in [1.29, 1.82) is 0 Å². The van der Waals surface area contributed by atoms with Crippen molar-refractivity contribution >= 4 is 46.8 Å². The first-order valence-corrected chi connectivity index (χ1v) is 20.9. The monoisotopic (exact) mass is 851 g/mol. The normalized spacial score (nSPS) is 19.7. The molecule has 2 aromatic carbocycles. The average molecular weight is 853 g/mol. The first-order valence-electron chi connectivity index (χ1n) is 20.1. The van der Waals surface area contributed by atoms with E-state index in [1.54, 1.807) is 17.3 Å². The number of benzene rings is 2. The number of nitrogens with zero attached hydrogens (tertiary/aromatic N) is 4. The Morgan fingerprint density at radius 1 is 0.983 bits per heavy atom. The van der Waals surface area contributed by atoms with Crippen LogP contribution in [0.25, 0.3) is 39.2 Å². The van der Waals surface area contributed by atoms with Gasteiger partial charge in [-0.1, -0.05) is 59.6 Å². The fourth-order valence-corrected chi connectivity index (χ4v) is 9.16. The number of carbonyl (C=O) groups is 3. The quantitative estimate of drug-likeness (QED) is 0.118. The highest BCUT2D eigenvalue weighted by Crippen LogP contribution is 2.43. The van der Waals surface area contributed by atoms with Gasteiger partial charge in [0.15, 0.2) is 0 Å². The van der Waals surface area contributed by atoms with Gasteiger partial charge < -0.3 is 30.3 Å². The van der Waals surface area contributed by atoms with Gasteiger partial charge in [0.05, 0.1) is 34.9 Å². The number of carbonyl (C=O) groups excluding carboxylic acids is 3. The Balaban J connectivity index is 1.02. The zero-order valence-corrected chi connectivity index (χ0v) is 35.5. The molecule has 3 N–H and O–H groups in total. The molecule has 3 aliphatic rings. The molecule has 2 unspecified atom stereocenters. The highest BCUT2D eigenvalue weighted by atomic mass is 35.5. The van der Waals surface area contributed by atoms with Crippen molar-refractivity contribution in [3.05, 3.63) is 105 Å². The van der Waals surface area contributed by atoms with Crippen molar-refractivity contribution in [1.82, 2.24) is 35.2 Å². The van der Waals surface area contributed by atoms with Crippen molar-refractivity contribution in [2.45, 2.75) is 83.1 Å². The third kappa shape index (κ3) is 8.43. The predicted molar refractivity (Wildman–Crippen MR) is 230 cm³/mol. The summed E-state index contributed by atoms with van der Waals surface area (Å²) in [5.41, 5.74) is 4.68. The highest BCUT2D eigenvalue weighted by Gasteiger charge is 2.49. The number of hydrogen-bond donors (Lipinski definition) is 3. The Kier molecular flexibility index (Phi) is 11.4. The van der Waals surface area contributed by atoms with Crippen molar-refractivity contribution in [3.8, 4) is 39.4 Å². The Morgan fingerprint density at radius 3 is 2.38 bits per heavy atom. The van der Waals surface area contributed by atoms with Crippen molar-refractivity contribution in [2.75, 3.05) is 20.2 Å². The smallest absolute Gasteiger partial charge is 0.410 e. The van der Waals surface area contributed by atoms with Gasteiger partial charge >= 0.3 is 6.09 Å². The molecule has 3 aromatic heterocycles. The van der Waals surface area contributed by atoms with Gasteiger partial charge in [-0.2, -0.15) is 0 Å². The second kappa shape index (κ2) is 16.5. The fourth-order valence-electron chi connectivity index (χ4n) is 8.50. The number of hydrogen-bond acceptors (Lipinski definition) is 9. The molecule has 5 aromatic rings. The molecule has 8 rings (SSSR count). The molecule has 1 aliphatic carbocycles. The van der Waals surface area contributed by atoms with Gasteiger partial charge in [0.25, 0.3) is 5.56 Å². The summed E-state index contributed by atoms with van der Waals surface area (Å²) in [6.07, 6.45) is 6.54. The molecular formula is C45H47Cl2N7O6. The van der Waals surface area contributed by atoms with Gasteiger partial charge in [-0.25, -0.2) is 14.8 Å². The van der Waals surface area contributed by atoms with Crippen LogP contribution in [-0.4, -0.2) is 74.6 Å². The molecule has 3 atom stereocenters. The topological polar surface area (TPSA) is 156 Å². The maximum Gasteiger partial charge on any atom is 0.410 e. The first kappa shape index (κ1) is 41.2. The van der Waals surface area contributed by atoms with Crippen LogP contribution in [-0.2, 0) is 27.4 Å². The van der Waals surface area contributed by atoms with E-state index in [-0.39, 0.29) is 48.0 Å². The summed E-state index contributed by atoms with van der Waals surface area (Å²) in [5, 5.41) is 10.3. The molecule has 5 heterocycles. The number of fused-ring (bicyclic) bond motifs is 3. The largest absolute Gasteiger partial charge is 0.481 e. The van der Waals surface area contributed by atoms with Gasteiger partial charge in [-0.3, -0.25) is 18.8 Å². The zero-order chi connectivity index (χ0) is 42.3. The lowest BCUT2D eigenvalue weighted by atomic mass is 9.97. The molecule has 1 saturated carbocycles. The van der Waals surface area contributed by atoms with E-state index in [0.717, 1.165) is 30.4 Å². The molecule has 15 heteroatoms. The molecule has 2 bridgehead atoms. The number of pyridine rings is 2. The number of rotatable bonds is 12. The Labute approximate surface area is 357 Å². The highest BCUT2D eigenvalue weighted by molar-refractivity contribution is 6.39. The molecule has 312 valence electrons. The summed E-state index contributed by atoms with van der Waals surface area (Å²) in [5.74, 6) is 0.513. The minimum atomic E-state index is -0.710. The molecule has 3 amide bonds. The number of piperidine rings is 1. The molecule has 3 fully saturated rings. The molecular weight excluding hydrogens is 805 g/mol. The van der Waals surface area contributed by atoms with Gasteiger partial charge in [-0.15, -0.1) is 0 Å². The van der Waals surface area contributed by atoms with Crippen LogP contribution in [0.2, 0.25) is 10.0 Å². The summed E-state index contributed by atoms with van der Waals surface area (Å²) in [4.78, 5) is 61.8. The SMILES string of the molecule is COc1nc(-c2cccc(-c3cccc(-c4ccn5c(=O)c(CNCC67CCC(C6)C(=O)N7)cnc5c4)c3Cl)c2Cl)ccc1CN(C[C@@H]1CCC(=O)N1)C(=O)OC(C)(C)C. The van der Waals surface area contributed by atoms with E-state index in [4.69, 9.17) is 37.7 Å². The first-order chi connectivity index (χ1) is 28.7. The fraction of sp³-hybridized carbons (Fsp3) is 0.378. The van der Waals surface area contributed by atoms with Gasteiger partial charge in [-0.05, 0) is 76.3 Å². The van der Waals surface area contributed by atoms with Crippen LogP contribution in [0.15, 0.2) is 77.9 Å². The third-order valence-corrected chi connectivity index (χ3v) is 12.3. The Bertz CT molecular complexity index is 2570. The maximum atomic E-state index is 13.5. The lowest BCUT2D eigenvalue weighted by Crippen LogP contribution is -2.50. The summed E-state index contributed by atoms with van der Waals surface area (Å²) in [7, 11) is 1.52. The average Bonchev–Trinajstić information content (AvgIpc) is 3.92. The van der Waals surface area contributed by atoms with Crippen LogP contribution in [0, 0.1) is 5.92 Å². The van der Waals surface area contributed by atoms with E-state index < -0.39 is 11.7 Å². The maximum absolute atomic E-state index is 13.5. The minimum Gasteiger partial charge on any atom is -0.481 e. The van der Waals surface area contributed by atoms with E-state index >= 15 is 0 Å². The summed E-state index contributed by atoms with van der Waals surface area (Å²) in [6.45, 7) is 6.79. The summed E-state index contributed by atoms with van der Waals surface area (Å²) < 4.78 is 13.0. The lowest BCUT2D eigenvalue weighted by Gasteiger charge is -2.29. The number of ether oxygens (including phenoxy) is 2. The second-order valence-corrected chi connectivity index (χ2v) is 17.7. The van der Waals surface area contributed by atoms with Gasteiger partial charge in [0.1, 0.15) is 11.2 Å². The van der Waals surface area contributed by atoms with Crippen LogP contribution < -0.4 is 26.2 Å². The van der Waals surface area contributed by atoms with Crippen LogP contribution in [0.4, 0.5) is 4.79 Å². The van der Waals surface area contributed by atoms with Gasteiger partial charge in [0, 0.05) is 83.8 Å². The van der Waals surface area contributed by atoms with Crippen LogP contribution >= 0.6 is 23.2 Å². The van der Waals surface area contributed by atoms with Gasteiger partial charge in [0.2, 0.25) is 17.7 Å². The van der Waals surface area contributed by atoms with E-state index in [1.807, 2.05) is 81.4 Å². The van der Waals surface area contributed by atoms with E-state index in [2.05, 4.69) is 20.9 Å². The predicted octanol–water partition coefficient (Wildman–Crippen LogP) is 7.18. The molecule has 2 aliphatic heterocycles. The van der Waals surface area contributed by atoms with Crippen LogP contribution in [0.5, 0.6) is 5.88 Å². The van der Waals surface area contributed by atoms with E-state index in [0.29, 0.717) is 81.0 Å². The van der Waals surface area contributed by atoms with Crippen molar-refractivity contribution in [2.24, 2.45) is 5.92 Å². The molecule has 0 radical (unpaired) electrons. The van der Waals surface area contributed by atoms with Crippen molar-refractivity contribution in [3.63, 3.8) is 0 Å². The summed E-state index contributed by atoms with van der Waals surface area (Å²) >= 11 is 14.3. The zero-order valence-electron chi connectivity index (χ0n) is 33.9. The number of halogens is 2. The van der Waals surface area contributed by atoms with Crippen LogP contribution in [0.3, 0.4) is 0 Å². The second-order valence-electron chi connectivity index (χ2n) is 16.9. The van der Waals surface area contributed by atoms with Crippen LogP contribution in [0.1, 0.15) is 64.0 Å². The number of aromatic nitrogens is 3. The Morgan fingerprint density at radius 2 is 1.72 bits per heavy atom. The molecule has 0 spiro atoms. The van der Waals surface area contributed by atoms with Crippen molar-refractivity contribution < 1.29 is 23.9 Å². The number of amides is 3. The molecule has 13 nitrogen and oxygen atoms in total. The summed E-state index contributed by atoms with van der Waals surface area (Å²) in [6, 6.07) is 18.5. The molecule has 2 saturated heterocycles. The third-order valence-electron chi connectivity index (χ3n) is 11.5. The number of methoxy groups -OCH3 is 1.